The molecule has 0 aliphatic heterocycles. The van der Waals surface area contributed by atoms with Gasteiger partial charge in [0.25, 0.3) is 0 Å². The summed E-state index contributed by atoms with van der Waals surface area (Å²) >= 11 is 0. The molecule has 0 aliphatic carbocycles. The van der Waals surface area contributed by atoms with Gasteiger partial charge in [0, 0.05) is 18.5 Å². The monoisotopic (exact) mass is 264 g/mol. The fraction of sp³-hybridized carbons (Fsp3) is 0.909. The largest absolute Gasteiger partial charge is 0.354 e. The molecule has 0 unspecified atom stereocenters. The molecule has 17 heavy (non-hydrogen) atoms. The van der Waals surface area contributed by atoms with Crippen LogP contribution in [0.4, 0.5) is 0 Å². The molecule has 0 atom stereocenters. The number of carbonyl (C=O) groups excluding carboxylic acids is 1. The lowest BCUT2D eigenvalue weighted by atomic mass is 10.1. The quantitative estimate of drug-likeness (QED) is 0.692. The topological polar surface area (TPSA) is 89.3 Å². The number of nitrogens with two attached hydrogens (primary N) is 1. The zero-order valence-corrected chi connectivity index (χ0v) is 11.9. The maximum Gasteiger partial charge on any atom is 0.221 e. The van der Waals surface area contributed by atoms with Crippen molar-refractivity contribution in [3.63, 3.8) is 0 Å². The van der Waals surface area contributed by atoms with E-state index in [9.17, 15) is 13.2 Å². The molecular weight excluding hydrogens is 240 g/mol. The van der Waals surface area contributed by atoms with Crippen molar-refractivity contribution >= 4 is 15.7 Å². The summed E-state index contributed by atoms with van der Waals surface area (Å²) in [7, 11) is -3.12. The summed E-state index contributed by atoms with van der Waals surface area (Å²) in [6.45, 7) is 7.62. The second kappa shape index (κ2) is 6.35. The Labute approximate surface area is 104 Å². The van der Waals surface area contributed by atoms with Gasteiger partial charge in [-0.05, 0) is 19.8 Å². The van der Waals surface area contributed by atoms with Gasteiger partial charge in [-0.25, -0.2) is 8.42 Å². The van der Waals surface area contributed by atoms with E-state index in [2.05, 4.69) is 5.32 Å². The molecule has 6 heteroatoms. The first kappa shape index (κ1) is 16.4. The average molecular weight is 264 g/mol. The third-order valence-corrected chi connectivity index (χ3v) is 3.97. The van der Waals surface area contributed by atoms with E-state index < -0.39 is 15.4 Å². The Balaban J connectivity index is 4.00. The van der Waals surface area contributed by atoms with Gasteiger partial charge in [0.15, 0.2) is 9.84 Å². The number of hydrogen-bond acceptors (Lipinski definition) is 4. The summed E-state index contributed by atoms with van der Waals surface area (Å²) < 4.78 is 23.1. The van der Waals surface area contributed by atoms with E-state index in [1.54, 1.807) is 13.8 Å². The summed E-state index contributed by atoms with van der Waals surface area (Å²) in [6, 6.07) is 0. The molecule has 0 aromatic carbocycles. The third kappa shape index (κ3) is 10.3. The predicted molar refractivity (Wildman–Crippen MR) is 69.4 cm³/mol. The highest BCUT2D eigenvalue weighted by Gasteiger charge is 2.17. The summed E-state index contributed by atoms with van der Waals surface area (Å²) in [6.07, 6.45) is 0.00509. The molecule has 3 N–H and O–H groups in total. The minimum Gasteiger partial charge on any atom is -0.354 e. The van der Waals surface area contributed by atoms with Gasteiger partial charge in [-0.2, -0.15) is 0 Å². The van der Waals surface area contributed by atoms with Gasteiger partial charge in [-0.3, -0.25) is 4.79 Å². The van der Waals surface area contributed by atoms with E-state index in [0.29, 0.717) is 6.54 Å². The zero-order valence-electron chi connectivity index (χ0n) is 11.1. The van der Waals surface area contributed by atoms with Crippen LogP contribution in [0.1, 0.15) is 34.1 Å². The summed E-state index contributed by atoms with van der Waals surface area (Å²) in [5, 5.41) is 2.62. The molecular formula is C11H24N2O3S. The van der Waals surface area contributed by atoms with Gasteiger partial charge in [0.1, 0.15) is 0 Å². The van der Waals surface area contributed by atoms with Crippen LogP contribution in [-0.2, 0) is 14.6 Å². The molecule has 0 aromatic heterocycles. The highest BCUT2D eigenvalue weighted by molar-refractivity contribution is 7.91. The van der Waals surface area contributed by atoms with Crippen LogP contribution in [0.15, 0.2) is 0 Å². The molecule has 0 aromatic rings. The lowest BCUT2D eigenvalue weighted by molar-refractivity contribution is -0.120. The lowest BCUT2D eigenvalue weighted by Crippen LogP contribution is -2.45. The van der Waals surface area contributed by atoms with Crippen molar-refractivity contribution in [3.8, 4) is 0 Å². The fourth-order valence-electron chi connectivity index (χ4n) is 1.25. The SMILES string of the molecule is CC(C)CS(=O)(=O)CCC(=O)NCC(C)(C)N. The molecule has 0 bridgehead atoms. The van der Waals surface area contributed by atoms with E-state index in [-0.39, 0.29) is 29.8 Å². The number of rotatable bonds is 7. The predicted octanol–water partition coefficient (Wildman–Crippen LogP) is 0.301. The van der Waals surface area contributed by atoms with Gasteiger partial charge in [0.05, 0.1) is 11.5 Å². The van der Waals surface area contributed by atoms with Gasteiger partial charge >= 0.3 is 0 Å². The Morgan fingerprint density at radius 2 is 1.88 bits per heavy atom. The minimum absolute atomic E-state index is 0.00509. The minimum atomic E-state index is -3.12. The number of nitrogens with one attached hydrogen (secondary N) is 1. The van der Waals surface area contributed by atoms with Gasteiger partial charge < -0.3 is 11.1 Å². The van der Waals surface area contributed by atoms with E-state index >= 15 is 0 Å². The molecule has 5 nitrogen and oxygen atoms in total. The van der Waals surface area contributed by atoms with Crippen molar-refractivity contribution in [1.29, 1.82) is 0 Å². The smallest absolute Gasteiger partial charge is 0.221 e. The van der Waals surface area contributed by atoms with E-state index in [1.165, 1.54) is 0 Å². The van der Waals surface area contributed by atoms with Crippen LogP contribution in [0, 0.1) is 5.92 Å². The van der Waals surface area contributed by atoms with Crippen LogP contribution in [-0.4, -0.2) is 37.9 Å². The molecule has 0 fully saturated rings. The van der Waals surface area contributed by atoms with E-state index in [1.807, 2.05) is 13.8 Å². The maximum atomic E-state index is 11.5. The number of carbonyl (C=O) groups is 1. The summed E-state index contributed by atoms with van der Waals surface area (Å²) in [4.78, 5) is 11.4. The Kier molecular flexibility index (Phi) is 6.12. The molecule has 0 radical (unpaired) electrons. The lowest BCUT2D eigenvalue weighted by Gasteiger charge is -2.18. The first-order valence-electron chi connectivity index (χ1n) is 5.78. The van der Waals surface area contributed by atoms with E-state index in [4.69, 9.17) is 5.73 Å². The van der Waals surface area contributed by atoms with Crippen molar-refractivity contribution in [2.24, 2.45) is 11.7 Å². The van der Waals surface area contributed by atoms with Crippen LogP contribution in [0.3, 0.4) is 0 Å². The molecule has 102 valence electrons. The first-order chi connectivity index (χ1) is 7.52. The Hall–Kier alpha value is -0.620. The molecule has 0 saturated heterocycles. The third-order valence-electron chi connectivity index (χ3n) is 1.97. The van der Waals surface area contributed by atoms with E-state index in [0.717, 1.165) is 0 Å². The molecule has 0 heterocycles. The second-order valence-electron chi connectivity index (χ2n) is 5.52. The van der Waals surface area contributed by atoms with Gasteiger partial charge in [0.2, 0.25) is 5.91 Å². The second-order valence-corrected chi connectivity index (χ2v) is 7.75. The highest BCUT2D eigenvalue weighted by Crippen LogP contribution is 2.02. The first-order valence-corrected chi connectivity index (χ1v) is 7.60. The van der Waals surface area contributed by atoms with Crippen LogP contribution in [0.5, 0.6) is 0 Å². The maximum absolute atomic E-state index is 11.5. The normalized spacial score (nSPS) is 12.8. The molecule has 0 rings (SSSR count). The fourth-order valence-corrected chi connectivity index (χ4v) is 2.93. The van der Waals surface area contributed by atoms with Gasteiger partial charge in [-0.15, -0.1) is 0 Å². The van der Waals surface area contributed by atoms with Crippen LogP contribution < -0.4 is 11.1 Å². The molecule has 0 spiro atoms. The Morgan fingerprint density at radius 3 is 2.29 bits per heavy atom. The van der Waals surface area contributed by atoms with Crippen molar-refractivity contribution in [2.45, 2.75) is 39.7 Å². The van der Waals surface area contributed by atoms with Crippen molar-refractivity contribution in [1.82, 2.24) is 5.32 Å². The summed E-state index contributed by atoms with van der Waals surface area (Å²) in [5.41, 5.74) is 5.22. The zero-order chi connectivity index (χ0) is 13.7. The molecule has 0 aliphatic rings. The highest BCUT2D eigenvalue weighted by atomic mass is 32.2. The van der Waals surface area contributed by atoms with Crippen molar-refractivity contribution in [2.75, 3.05) is 18.1 Å². The Bertz CT molecular complexity index is 342. The van der Waals surface area contributed by atoms with Crippen LogP contribution >= 0.6 is 0 Å². The average Bonchev–Trinajstić information content (AvgIpc) is 2.08. The van der Waals surface area contributed by atoms with Crippen LogP contribution in [0.25, 0.3) is 0 Å². The standard InChI is InChI=1S/C11H24N2O3S/c1-9(2)7-17(15,16)6-5-10(14)13-8-11(3,4)12/h9H,5-8,12H2,1-4H3,(H,13,14). The molecule has 1 amide bonds. The Morgan fingerprint density at radius 1 is 1.35 bits per heavy atom. The number of hydrogen-bond donors (Lipinski definition) is 2. The van der Waals surface area contributed by atoms with Crippen molar-refractivity contribution < 1.29 is 13.2 Å². The number of amides is 1. The van der Waals surface area contributed by atoms with Gasteiger partial charge in [-0.1, -0.05) is 13.8 Å². The molecule has 0 saturated carbocycles. The van der Waals surface area contributed by atoms with Crippen molar-refractivity contribution in [3.05, 3.63) is 0 Å². The van der Waals surface area contributed by atoms with Crippen LogP contribution in [0.2, 0.25) is 0 Å². The summed E-state index contributed by atoms with van der Waals surface area (Å²) in [5.74, 6) is -0.146. The number of sulfone groups is 1.